The summed E-state index contributed by atoms with van der Waals surface area (Å²) >= 11 is 0. The molecule has 0 fully saturated rings. The van der Waals surface area contributed by atoms with Crippen LogP contribution < -0.4 is 10.1 Å². The monoisotopic (exact) mass is 261 g/mol. The highest BCUT2D eigenvalue weighted by Gasteiger charge is 2.07. The summed E-state index contributed by atoms with van der Waals surface area (Å²) in [5.41, 5.74) is 2.50. The van der Waals surface area contributed by atoms with Crippen LogP contribution in [0.5, 0.6) is 5.75 Å². The lowest BCUT2D eigenvalue weighted by Gasteiger charge is -2.17. The zero-order chi connectivity index (χ0) is 14.1. The van der Waals surface area contributed by atoms with Crippen molar-refractivity contribution in [3.63, 3.8) is 0 Å². The Bertz CT molecular complexity index is 369. The first-order valence-corrected chi connectivity index (χ1v) is 7.27. The number of ether oxygens (including phenoxy) is 1. The molecule has 0 heterocycles. The van der Waals surface area contributed by atoms with Crippen molar-refractivity contribution in [1.82, 2.24) is 5.32 Å². The van der Waals surface area contributed by atoms with E-state index in [0.717, 1.165) is 30.7 Å². The van der Waals surface area contributed by atoms with Crippen LogP contribution >= 0.6 is 0 Å². The van der Waals surface area contributed by atoms with Crippen LogP contribution in [0.1, 0.15) is 51.6 Å². The largest absolute Gasteiger partial charge is 0.493 e. The lowest BCUT2D eigenvalue weighted by atomic mass is 10.0. The zero-order valence-corrected chi connectivity index (χ0v) is 12.5. The minimum Gasteiger partial charge on any atom is -0.493 e. The molecule has 0 aliphatic carbocycles. The highest BCUT2D eigenvalue weighted by Crippen LogP contribution is 2.20. The van der Waals surface area contributed by atoms with Gasteiger partial charge in [0.2, 0.25) is 0 Å². The molecular formula is C17H27NO. The van der Waals surface area contributed by atoms with Gasteiger partial charge in [0.1, 0.15) is 5.75 Å². The molecule has 0 bridgehead atoms. The lowest BCUT2D eigenvalue weighted by molar-refractivity contribution is 0.321. The van der Waals surface area contributed by atoms with Gasteiger partial charge in [0.15, 0.2) is 0 Å². The van der Waals surface area contributed by atoms with E-state index in [4.69, 9.17) is 4.74 Å². The van der Waals surface area contributed by atoms with Crippen molar-refractivity contribution in [1.29, 1.82) is 0 Å². The Morgan fingerprint density at radius 1 is 1.26 bits per heavy atom. The van der Waals surface area contributed by atoms with E-state index in [-0.39, 0.29) is 0 Å². The summed E-state index contributed by atoms with van der Waals surface area (Å²) in [7, 11) is 0. The second-order valence-corrected chi connectivity index (χ2v) is 5.04. The Labute approximate surface area is 117 Å². The number of hydrogen-bond donors (Lipinski definition) is 1. The molecule has 0 amide bonds. The van der Waals surface area contributed by atoms with E-state index in [1.54, 1.807) is 0 Å². The smallest absolute Gasteiger partial charge is 0.119 e. The maximum absolute atomic E-state index is 5.69. The standard InChI is InChI=1S/C17H27NO/c1-5-12-18-17(6-2)15-7-9-16(10-8-15)19-13-11-14(3)4/h7-10,17-18H,3,5-6,11-13H2,1-2,4H3. The van der Waals surface area contributed by atoms with E-state index in [1.807, 2.05) is 6.92 Å². The fourth-order valence-corrected chi connectivity index (χ4v) is 1.96. The van der Waals surface area contributed by atoms with Gasteiger partial charge in [0, 0.05) is 12.5 Å². The topological polar surface area (TPSA) is 21.3 Å². The Morgan fingerprint density at radius 2 is 1.95 bits per heavy atom. The minimum absolute atomic E-state index is 0.449. The predicted octanol–water partition coefficient (Wildman–Crippen LogP) is 4.48. The van der Waals surface area contributed by atoms with Crippen molar-refractivity contribution in [3.05, 3.63) is 42.0 Å². The average molecular weight is 261 g/mol. The number of nitrogens with one attached hydrogen (secondary N) is 1. The summed E-state index contributed by atoms with van der Waals surface area (Å²) in [6.45, 7) is 12.1. The van der Waals surface area contributed by atoms with Gasteiger partial charge in [-0.1, -0.05) is 31.6 Å². The van der Waals surface area contributed by atoms with Crippen LogP contribution in [-0.4, -0.2) is 13.2 Å². The van der Waals surface area contributed by atoms with E-state index in [2.05, 4.69) is 50.0 Å². The van der Waals surface area contributed by atoms with Gasteiger partial charge in [0.05, 0.1) is 6.61 Å². The Morgan fingerprint density at radius 3 is 2.47 bits per heavy atom. The van der Waals surface area contributed by atoms with Gasteiger partial charge in [-0.15, -0.1) is 6.58 Å². The van der Waals surface area contributed by atoms with Crippen LogP contribution in [0.3, 0.4) is 0 Å². The molecule has 0 saturated heterocycles. The third kappa shape index (κ3) is 5.93. The number of benzene rings is 1. The van der Waals surface area contributed by atoms with Crippen molar-refractivity contribution in [2.45, 2.75) is 46.1 Å². The molecule has 0 aliphatic heterocycles. The highest BCUT2D eigenvalue weighted by atomic mass is 16.5. The predicted molar refractivity (Wildman–Crippen MR) is 82.7 cm³/mol. The molecule has 2 heteroatoms. The Kier molecular flexibility index (Phi) is 7.27. The molecule has 1 aromatic carbocycles. The zero-order valence-electron chi connectivity index (χ0n) is 12.5. The molecule has 1 aromatic rings. The molecule has 0 spiro atoms. The van der Waals surface area contributed by atoms with Gasteiger partial charge in [-0.3, -0.25) is 0 Å². The van der Waals surface area contributed by atoms with Crippen LogP contribution in [0.2, 0.25) is 0 Å². The SMILES string of the molecule is C=C(C)CCOc1ccc(C(CC)NCCC)cc1. The second kappa shape index (κ2) is 8.76. The van der Waals surface area contributed by atoms with Gasteiger partial charge in [-0.2, -0.15) is 0 Å². The molecule has 1 N–H and O–H groups in total. The van der Waals surface area contributed by atoms with Crippen molar-refractivity contribution < 1.29 is 4.74 Å². The first-order chi connectivity index (χ1) is 9.17. The van der Waals surface area contributed by atoms with Crippen molar-refractivity contribution in [2.24, 2.45) is 0 Å². The number of rotatable bonds is 9. The summed E-state index contributed by atoms with van der Waals surface area (Å²) in [4.78, 5) is 0. The Hall–Kier alpha value is -1.28. The summed E-state index contributed by atoms with van der Waals surface area (Å²) < 4.78 is 5.69. The molecule has 19 heavy (non-hydrogen) atoms. The van der Waals surface area contributed by atoms with Crippen molar-refractivity contribution in [3.8, 4) is 5.75 Å². The van der Waals surface area contributed by atoms with Gasteiger partial charge in [0.25, 0.3) is 0 Å². The summed E-state index contributed by atoms with van der Waals surface area (Å²) in [6, 6.07) is 8.89. The van der Waals surface area contributed by atoms with Crippen LogP contribution in [0.15, 0.2) is 36.4 Å². The third-order valence-corrected chi connectivity index (χ3v) is 3.13. The van der Waals surface area contributed by atoms with Gasteiger partial charge in [-0.05, 0) is 44.0 Å². The van der Waals surface area contributed by atoms with Gasteiger partial charge in [-0.25, -0.2) is 0 Å². The number of hydrogen-bond acceptors (Lipinski definition) is 2. The molecule has 0 aliphatic rings. The average Bonchev–Trinajstić information content (AvgIpc) is 2.41. The molecule has 1 rings (SSSR count). The fourth-order valence-electron chi connectivity index (χ4n) is 1.96. The van der Waals surface area contributed by atoms with E-state index in [9.17, 15) is 0 Å². The lowest BCUT2D eigenvalue weighted by Crippen LogP contribution is -2.21. The minimum atomic E-state index is 0.449. The molecular weight excluding hydrogens is 234 g/mol. The molecule has 106 valence electrons. The van der Waals surface area contributed by atoms with Crippen molar-refractivity contribution >= 4 is 0 Å². The van der Waals surface area contributed by atoms with Crippen molar-refractivity contribution in [2.75, 3.05) is 13.2 Å². The summed E-state index contributed by atoms with van der Waals surface area (Å²) in [6.07, 6.45) is 3.19. The van der Waals surface area contributed by atoms with Crippen LogP contribution in [0.4, 0.5) is 0 Å². The van der Waals surface area contributed by atoms with E-state index in [1.165, 1.54) is 12.0 Å². The van der Waals surface area contributed by atoms with Gasteiger partial charge < -0.3 is 10.1 Å². The van der Waals surface area contributed by atoms with Crippen LogP contribution in [0, 0.1) is 0 Å². The van der Waals surface area contributed by atoms with Crippen LogP contribution in [-0.2, 0) is 0 Å². The molecule has 0 aromatic heterocycles. The quantitative estimate of drug-likeness (QED) is 0.662. The van der Waals surface area contributed by atoms with E-state index in [0.29, 0.717) is 12.6 Å². The molecule has 0 saturated carbocycles. The third-order valence-electron chi connectivity index (χ3n) is 3.13. The Balaban J connectivity index is 2.51. The molecule has 1 unspecified atom stereocenters. The second-order valence-electron chi connectivity index (χ2n) is 5.04. The maximum Gasteiger partial charge on any atom is 0.119 e. The summed E-state index contributed by atoms with van der Waals surface area (Å²) in [5.74, 6) is 0.940. The highest BCUT2D eigenvalue weighted by molar-refractivity contribution is 5.29. The van der Waals surface area contributed by atoms with Crippen LogP contribution in [0.25, 0.3) is 0 Å². The fraction of sp³-hybridized carbons (Fsp3) is 0.529. The van der Waals surface area contributed by atoms with Gasteiger partial charge >= 0.3 is 0 Å². The molecule has 1 atom stereocenters. The summed E-state index contributed by atoms with van der Waals surface area (Å²) in [5, 5.41) is 3.56. The van der Waals surface area contributed by atoms with E-state index >= 15 is 0 Å². The first-order valence-electron chi connectivity index (χ1n) is 7.27. The molecule has 0 radical (unpaired) electrons. The maximum atomic E-state index is 5.69. The first kappa shape index (κ1) is 15.8. The molecule has 2 nitrogen and oxygen atoms in total. The van der Waals surface area contributed by atoms with E-state index < -0.39 is 0 Å². The normalized spacial score (nSPS) is 12.2.